The van der Waals surface area contributed by atoms with Gasteiger partial charge in [0.15, 0.2) is 0 Å². The molecular formula is C13H12F3N3O2. The van der Waals surface area contributed by atoms with Crippen molar-refractivity contribution in [3.8, 4) is 17.1 Å². The molecule has 0 aliphatic rings. The molecule has 0 aliphatic carbocycles. The van der Waals surface area contributed by atoms with E-state index in [2.05, 4.69) is 16.7 Å². The quantitative estimate of drug-likeness (QED) is 0.848. The Morgan fingerprint density at radius 1 is 1.43 bits per heavy atom. The highest BCUT2D eigenvalue weighted by Crippen LogP contribution is 2.37. The highest BCUT2D eigenvalue weighted by Gasteiger charge is 2.34. The molecule has 1 atom stereocenters. The van der Waals surface area contributed by atoms with Crippen molar-refractivity contribution in [3.63, 3.8) is 0 Å². The van der Waals surface area contributed by atoms with Gasteiger partial charge in [0.25, 0.3) is 0 Å². The molecule has 0 bridgehead atoms. The average molecular weight is 299 g/mol. The summed E-state index contributed by atoms with van der Waals surface area (Å²) in [5, 5.41) is 12.9. The number of hydrogen-bond donors (Lipinski definition) is 2. The van der Waals surface area contributed by atoms with Gasteiger partial charge in [0.05, 0.1) is 11.6 Å². The van der Waals surface area contributed by atoms with Crippen molar-refractivity contribution < 1.29 is 22.8 Å². The third-order valence-corrected chi connectivity index (χ3v) is 2.74. The lowest BCUT2D eigenvalue weighted by Crippen LogP contribution is -2.09. The Morgan fingerprint density at radius 2 is 2.14 bits per heavy atom. The Morgan fingerprint density at radius 3 is 2.76 bits per heavy atom. The summed E-state index contributed by atoms with van der Waals surface area (Å²) in [5.41, 5.74) is 4.64. The molecule has 0 radical (unpaired) electrons. The van der Waals surface area contributed by atoms with Crippen molar-refractivity contribution in [1.82, 2.24) is 10.1 Å². The van der Waals surface area contributed by atoms with Gasteiger partial charge in [-0.15, -0.1) is 6.58 Å². The minimum Gasteiger partial charge on any atom is -0.507 e. The van der Waals surface area contributed by atoms with Crippen LogP contribution in [0.1, 0.15) is 23.9 Å². The SMILES string of the molecule is C=CCC(N)c1nc(-c2ccc(O)c(C(F)(F)F)c2)no1. The van der Waals surface area contributed by atoms with Crippen LogP contribution in [0, 0.1) is 0 Å². The van der Waals surface area contributed by atoms with Gasteiger partial charge < -0.3 is 15.4 Å². The first-order valence-electron chi connectivity index (χ1n) is 5.93. The third kappa shape index (κ3) is 3.22. The maximum Gasteiger partial charge on any atom is 0.419 e. The van der Waals surface area contributed by atoms with E-state index in [0.717, 1.165) is 12.1 Å². The fourth-order valence-corrected chi connectivity index (χ4v) is 1.69. The predicted molar refractivity (Wildman–Crippen MR) is 68.1 cm³/mol. The number of aromatic hydroxyl groups is 1. The Hall–Kier alpha value is -2.35. The van der Waals surface area contributed by atoms with Gasteiger partial charge in [0, 0.05) is 5.56 Å². The molecule has 8 heteroatoms. The first kappa shape index (κ1) is 15.0. The highest BCUT2D eigenvalue weighted by atomic mass is 19.4. The zero-order chi connectivity index (χ0) is 15.6. The molecule has 1 aromatic carbocycles. The van der Waals surface area contributed by atoms with Gasteiger partial charge in [0.2, 0.25) is 11.7 Å². The zero-order valence-electron chi connectivity index (χ0n) is 10.8. The van der Waals surface area contributed by atoms with Crippen LogP contribution in [0.4, 0.5) is 13.2 Å². The van der Waals surface area contributed by atoms with Gasteiger partial charge >= 0.3 is 6.18 Å². The van der Waals surface area contributed by atoms with E-state index in [9.17, 15) is 18.3 Å². The summed E-state index contributed by atoms with van der Waals surface area (Å²) in [7, 11) is 0. The second-order valence-electron chi connectivity index (χ2n) is 4.32. The molecule has 1 unspecified atom stereocenters. The lowest BCUT2D eigenvalue weighted by molar-refractivity contribution is -0.138. The van der Waals surface area contributed by atoms with E-state index in [-0.39, 0.29) is 17.3 Å². The van der Waals surface area contributed by atoms with Crippen molar-refractivity contribution in [2.45, 2.75) is 18.6 Å². The normalized spacial score (nSPS) is 13.1. The fraction of sp³-hybridized carbons (Fsp3) is 0.231. The standard InChI is InChI=1S/C13H12F3N3O2/c1-2-3-9(17)12-18-11(19-21-12)7-4-5-10(20)8(6-7)13(14,15)16/h2,4-6,9,20H,1,3,17H2. The van der Waals surface area contributed by atoms with Gasteiger partial charge in [0.1, 0.15) is 5.75 Å². The third-order valence-electron chi connectivity index (χ3n) is 2.74. The van der Waals surface area contributed by atoms with Crippen LogP contribution in [0.25, 0.3) is 11.4 Å². The van der Waals surface area contributed by atoms with E-state index in [4.69, 9.17) is 10.3 Å². The minimum absolute atomic E-state index is 0.0324. The topological polar surface area (TPSA) is 85.2 Å². The number of halogens is 3. The molecule has 2 aromatic rings. The van der Waals surface area contributed by atoms with Crippen molar-refractivity contribution in [2.24, 2.45) is 5.73 Å². The van der Waals surface area contributed by atoms with Crippen LogP contribution in [-0.4, -0.2) is 15.2 Å². The van der Waals surface area contributed by atoms with Crippen LogP contribution in [0.5, 0.6) is 5.75 Å². The maximum atomic E-state index is 12.7. The van der Waals surface area contributed by atoms with Crippen LogP contribution in [0.15, 0.2) is 35.4 Å². The van der Waals surface area contributed by atoms with Gasteiger partial charge in [-0.3, -0.25) is 0 Å². The summed E-state index contributed by atoms with van der Waals surface area (Å²) in [6, 6.07) is 2.38. The second kappa shape index (κ2) is 5.57. The number of nitrogens with two attached hydrogens (primary N) is 1. The number of hydrogen-bond acceptors (Lipinski definition) is 5. The van der Waals surface area contributed by atoms with Crippen LogP contribution in [-0.2, 0) is 6.18 Å². The summed E-state index contributed by atoms with van der Waals surface area (Å²) in [5.74, 6) is -0.792. The first-order valence-corrected chi connectivity index (χ1v) is 5.93. The lowest BCUT2D eigenvalue weighted by atomic mass is 10.1. The van der Waals surface area contributed by atoms with Crippen LogP contribution in [0.3, 0.4) is 0 Å². The number of alkyl halides is 3. The largest absolute Gasteiger partial charge is 0.507 e. The molecule has 112 valence electrons. The number of aromatic nitrogens is 2. The molecule has 21 heavy (non-hydrogen) atoms. The van der Waals surface area contributed by atoms with E-state index in [0.29, 0.717) is 6.42 Å². The number of phenolic OH excluding ortho intramolecular Hbond substituents is 1. The molecule has 0 fully saturated rings. The van der Waals surface area contributed by atoms with Gasteiger partial charge in [-0.05, 0) is 24.6 Å². The summed E-state index contributed by atoms with van der Waals surface area (Å²) >= 11 is 0. The molecule has 2 rings (SSSR count). The van der Waals surface area contributed by atoms with Gasteiger partial charge in [-0.2, -0.15) is 18.2 Å². The molecule has 0 amide bonds. The monoisotopic (exact) mass is 299 g/mol. The molecule has 0 saturated heterocycles. The van der Waals surface area contributed by atoms with E-state index in [1.807, 2.05) is 0 Å². The Bertz CT molecular complexity index is 652. The fourth-order valence-electron chi connectivity index (χ4n) is 1.69. The summed E-state index contributed by atoms with van der Waals surface area (Å²) in [6.45, 7) is 3.52. The van der Waals surface area contributed by atoms with Gasteiger partial charge in [-0.25, -0.2) is 0 Å². The molecule has 1 aromatic heterocycles. The first-order chi connectivity index (χ1) is 9.82. The Balaban J connectivity index is 2.37. The zero-order valence-corrected chi connectivity index (χ0v) is 10.8. The molecule has 3 N–H and O–H groups in total. The average Bonchev–Trinajstić information content (AvgIpc) is 2.88. The van der Waals surface area contributed by atoms with Crippen molar-refractivity contribution >= 4 is 0 Å². The molecule has 5 nitrogen and oxygen atoms in total. The molecule has 0 saturated carbocycles. The Kier molecular flexibility index (Phi) is 3.99. The number of phenols is 1. The van der Waals surface area contributed by atoms with Crippen LogP contribution in [0.2, 0.25) is 0 Å². The van der Waals surface area contributed by atoms with E-state index in [1.54, 1.807) is 6.08 Å². The predicted octanol–water partition coefficient (Wildman–Crippen LogP) is 3.04. The minimum atomic E-state index is -4.67. The Labute approximate surface area is 117 Å². The van der Waals surface area contributed by atoms with Crippen molar-refractivity contribution in [2.75, 3.05) is 0 Å². The second-order valence-corrected chi connectivity index (χ2v) is 4.32. The lowest BCUT2D eigenvalue weighted by Gasteiger charge is -2.09. The highest BCUT2D eigenvalue weighted by molar-refractivity contribution is 5.58. The van der Waals surface area contributed by atoms with E-state index >= 15 is 0 Å². The number of nitrogens with zero attached hydrogens (tertiary/aromatic N) is 2. The molecular weight excluding hydrogens is 287 g/mol. The summed E-state index contributed by atoms with van der Waals surface area (Å²) in [4.78, 5) is 3.95. The molecule has 1 heterocycles. The summed E-state index contributed by atoms with van der Waals surface area (Å²) < 4.78 is 43.1. The van der Waals surface area contributed by atoms with E-state index in [1.165, 1.54) is 6.07 Å². The molecule has 0 aliphatic heterocycles. The maximum absolute atomic E-state index is 12.7. The molecule has 0 spiro atoms. The van der Waals surface area contributed by atoms with Crippen molar-refractivity contribution in [3.05, 3.63) is 42.3 Å². The van der Waals surface area contributed by atoms with Crippen molar-refractivity contribution in [1.29, 1.82) is 0 Å². The summed E-state index contributed by atoms with van der Waals surface area (Å²) in [6.07, 6.45) is -2.71. The van der Waals surface area contributed by atoms with Gasteiger partial charge in [-0.1, -0.05) is 11.2 Å². The van der Waals surface area contributed by atoms with Crippen LogP contribution >= 0.6 is 0 Å². The smallest absolute Gasteiger partial charge is 0.419 e. The number of rotatable bonds is 4. The van der Waals surface area contributed by atoms with Crippen LogP contribution < -0.4 is 5.73 Å². The van der Waals surface area contributed by atoms with E-state index < -0.39 is 23.5 Å². The number of benzene rings is 1.